The predicted molar refractivity (Wildman–Crippen MR) is 445 cm³/mol. The van der Waals surface area contributed by atoms with Crippen molar-refractivity contribution in [2.75, 3.05) is 39.6 Å². The summed E-state index contributed by atoms with van der Waals surface area (Å²) in [5.74, 6) is -2.34. The van der Waals surface area contributed by atoms with Gasteiger partial charge in [-0.2, -0.15) is 0 Å². The smallest absolute Gasteiger partial charge is 0.462 e. The molecule has 0 aliphatic carbocycles. The van der Waals surface area contributed by atoms with E-state index in [9.17, 15) is 43.2 Å². The van der Waals surface area contributed by atoms with Crippen LogP contribution < -0.4 is 0 Å². The molecular weight excluding hydrogens is 1400 g/mol. The van der Waals surface area contributed by atoms with Crippen LogP contribution in [0.4, 0.5) is 0 Å². The molecule has 0 heterocycles. The number of esters is 4. The molecule has 0 rings (SSSR count). The van der Waals surface area contributed by atoms with Gasteiger partial charge < -0.3 is 33.8 Å². The van der Waals surface area contributed by atoms with Crippen molar-refractivity contribution in [3.8, 4) is 0 Å². The average molecular weight is 1550 g/mol. The highest BCUT2D eigenvalue weighted by molar-refractivity contribution is 7.47. The second-order valence-corrected chi connectivity index (χ2v) is 30.2. The number of phosphoric ester groups is 2. The van der Waals surface area contributed by atoms with Crippen LogP contribution in [0.1, 0.15) is 323 Å². The topological polar surface area (TPSA) is 237 Å². The minimum Gasteiger partial charge on any atom is -0.462 e. The molecule has 0 fully saturated rings. The molecule has 0 aliphatic heterocycles. The van der Waals surface area contributed by atoms with E-state index in [4.69, 9.17) is 37.0 Å². The normalized spacial score (nSPS) is 14.6. The lowest BCUT2D eigenvalue weighted by Gasteiger charge is -2.21. The first-order chi connectivity index (χ1) is 52.7. The van der Waals surface area contributed by atoms with Gasteiger partial charge in [0, 0.05) is 25.7 Å². The summed E-state index contributed by atoms with van der Waals surface area (Å²) in [5.41, 5.74) is 0. The fourth-order valence-corrected chi connectivity index (χ4v) is 12.2. The van der Waals surface area contributed by atoms with Crippen LogP contribution in [0.5, 0.6) is 0 Å². The Bertz CT molecular complexity index is 2660. The summed E-state index contributed by atoms with van der Waals surface area (Å²) in [6.45, 7) is 4.56. The third-order valence-corrected chi connectivity index (χ3v) is 18.9. The number of unbranched alkanes of at least 4 members (excludes halogenated alkanes) is 25. The van der Waals surface area contributed by atoms with Gasteiger partial charge in [0.15, 0.2) is 12.2 Å². The van der Waals surface area contributed by atoms with E-state index in [1.165, 1.54) is 103 Å². The number of carbonyl (C=O) groups excluding carboxylic acids is 4. The van der Waals surface area contributed by atoms with E-state index >= 15 is 0 Å². The molecule has 0 radical (unpaired) electrons. The largest absolute Gasteiger partial charge is 0.472 e. The highest BCUT2D eigenvalue weighted by Gasteiger charge is 2.30. The lowest BCUT2D eigenvalue weighted by Crippen LogP contribution is -2.30. The highest BCUT2D eigenvalue weighted by Crippen LogP contribution is 2.45. The summed E-state index contributed by atoms with van der Waals surface area (Å²) in [4.78, 5) is 73.1. The summed E-state index contributed by atoms with van der Waals surface area (Å²) < 4.78 is 68.6. The summed E-state index contributed by atoms with van der Waals surface area (Å²) in [6.07, 6.45) is 93.7. The van der Waals surface area contributed by atoms with Crippen molar-refractivity contribution in [3.63, 3.8) is 0 Å². The molecule has 108 heavy (non-hydrogen) atoms. The monoisotopic (exact) mass is 1550 g/mol. The van der Waals surface area contributed by atoms with Crippen LogP contribution in [0.3, 0.4) is 0 Å². The summed E-state index contributed by atoms with van der Waals surface area (Å²) in [6, 6.07) is 0. The Morgan fingerprint density at radius 1 is 0.269 bits per heavy atom. The van der Waals surface area contributed by atoms with Gasteiger partial charge in [-0.1, -0.05) is 308 Å². The minimum absolute atomic E-state index is 0.0379. The molecule has 0 aromatic carbocycles. The molecule has 2 unspecified atom stereocenters. The second kappa shape index (κ2) is 79.8. The highest BCUT2D eigenvalue weighted by atomic mass is 31.2. The lowest BCUT2D eigenvalue weighted by molar-refractivity contribution is -0.161. The third kappa shape index (κ3) is 78.8. The number of hydrogen-bond donors (Lipinski definition) is 3. The molecule has 0 saturated heterocycles. The van der Waals surface area contributed by atoms with Crippen LogP contribution in [-0.2, 0) is 65.4 Å². The van der Waals surface area contributed by atoms with Crippen LogP contribution >= 0.6 is 15.6 Å². The maximum absolute atomic E-state index is 13.1. The maximum atomic E-state index is 13.1. The summed E-state index contributed by atoms with van der Waals surface area (Å²) in [5, 5.41) is 10.7. The molecule has 0 spiro atoms. The first-order valence-corrected chi connectivity index (χ1v) is 44.7. The zero-order valence-corrected chi connectivity index (χ0v) is 69.3. The van der Waals surface area contributed by atoms with Crippen molar-refractivity contribution in [2.45, 2.75) is 341 Å². The number of aliphatic hydroxyl groups excluding tert-OH is 1. The number of carbonyl (C=O) groups is 4. The molecule has 0 amide bonds. The molecule has 0 saturated carbocycles. The first kappa shape index (κ1) is 103. The number of aliphatic hydroxyl groups is 1. The second-order valence-electron chi connectivity index (χ2n) is 27.3. The van der Waals surface area contributed by atoms with E-state index in [0.29, 0.717) is 38.5 Å². The number of phosphoric acid groups is 2. The number of ether oxygens (including phenoxy) is 4. The van der Waals surface area contributed by atoms with Crippen molar-refractivity contribution >= 4 is 39.5 Å². The standard InChI is InChI=1S/C89H148O17P2/c1-5-9-13-17-21-25-29-33-37-40-41-44-48-52-56-60-64-68-72-76-89(94)106-85(80-100-87(92)74-70-66-62-58-54-50-47-43-39-35-31-27-23-19-15-11-7-3)82-104-108(97,98)102-78-83(90)77-101-107(95,96)103-81-84(105-88(93)75-71-67-63-59-55-51-45-36-32-28-24-20-16-12-8-4)79-99-86(91)73-69-65-61-57-53-49-46-42-38-34-30-26-22-18-14-10-6-2/h9,13,21-23,25-27,33-35,37-39,41,44,46-47,49-50,52,56-58,61-62,83-85,90H,5-8,10-12,14-20,24,28-32,36,40,42-43,45,48,51,53-55,59-60,63-82H2,1-4H3,(H,95,96)(H,97,98)/b13-9-,25-21-,26-22-,27-23-,37-33-,38-34-,39-35-,44-41-,49-46-,50-47-,56-52-,61-57-,62-58-/t83-,84+,85+/m0/s1. The molecule has 17 nitrogen and oxygen atoms in total. The van der Waals surface area contributed by atoms with E-state index in [2.05, 4.69) is 161 Å². The van der Waals surface area contributed by atoms with Gasteiger partial charge in [0.1, 0.15) is 19.3 Å². The number of allylic oxidation sites excluding steroid dienone is 26. The van der Waals surface area contributed by atoms with Gasteiger partial charge in [0.2, 0.25) is 0 Å². The Morgan fingerprint density at radius 2 is 0.491 bits per heavy atom. The van der Waals surface area contributed by atoms with Gasteiger partial charge in [-0.3, -0.25) is 37.3 Å². The van der Waals surface area contributed by atoms with Gasteiger partial charge in [-0.15, -0.1) is 0 Å². The van der Waals surface area contributed by atoms with Crippen LogP contribution in [0, 0.1) is 0 Å². The molecular formula is C89H148O17P2. The van der Waals surface area contributed by atoms with E-state index in [1.54, 1.807) is 0 Å². The van der Waals surface area contributed by atoms with E-state index in [-0.39, 0.29) is 25.7 Å². The third-order valence-electron chi connectivity index (χ3n) is 17.0. The maximum Gasteiger partial charge on any atom is 0.472 e. The van der Waals surface area contributed by atoms with Crippen molar-refractivity contribution in [2.24, 2.45) is 0 Å². The Hall–Kier alpha value is -5.32. The van der Waals surface area contributed by atoms with Crippen molar-refractivity contribution in [3.05, 3.63) is 158 Å². The van der Waals surface area contributed by atoms with Gasteiger partial charge >= 0.3 is 39.5 Å². The van der Waals surface area contributed by atoms with Gasteiger partial charge in [0.05, 0.1) is 26.4 Å². The number of hydrogen-bond acceptors (Lipinski definition) is 15. The molecule has 5 atom stereocenters. The summed E-state index contributed by atoms with van der Waals surface area (Å²) >= 11 is 0. The lowest BCUT2D eigenvalue weighted by atomic mass is 10.0. The predicted octanol–water partition coefficient (Wildman–Crippen LogP) is 24.8. The Kier molecular flexibility index (Phi) is 75.8. The quantitative estimate of drug-likeness (QED) is 0.0169. The van der Waals surface area contributed by atoms with Crippen LogP contribution in [0.15, 0.2) is 158 Å². The number of rotatable bonds is 77. The molecule has 0 bridgehead atoms. The van der Waals surface area contributed by atoms with Crippen molar-refractivity contribution in [1.29, 1.82) is 0 Å². The van der Waals surface area contributed by atoms with E-state index in [1.807, 2.05) is 24.3 Å². The van der Waals surface area contributed by atoms with Gasteiger partial charge in [0.25, 0.3) is 0 Å². The Labute approximate surface area is 655 Å². The summed E-state index contributed by atoms with van der Waals surface area (Å²) in [7, 11) is -10.0. The van der Waals surface area contributed by atoms with E-state index in [0.717, 1.165) is 128 Å². The van der Waals surface area contributed by atoms with Crippen LogP contribution in [0.25, 0.3) is 0 Å². The zero-order chi connectivity index (χ0) is 78.9. The Balaban J connectivity index is 5.51. The van der Waals surface area contributed by atoms with Crippen molar-refractivity contribution < 1.29 is 80.2 Å². The molecule has 3 N–H and O–H groups in total. The SMILES string of the molecule is CC/C=C\C/C=C\C/C=C\C/C=C\C/C=C\CCCCCC(=O)O[C@H](COC(=O)CCC/C=C\C/C=C\C/C=C\C/C=C\CCCCC)COP(=O)(O)OC[C@@H](O)COP(=O)(O)OC[C@@H](COC(=O)CCC/C=C\C/C=C\C/C=C\C/C=C\CCCCC)OC(=O)CCCCCCCCCCCCCCCCC. The molecule has 616 valence electrons. The van der Waals surface area contributed by atoms with Gasteiger partial charge in [-0.05, 0) is 148 Å². The zero-order valence-electron chi connectivity index (χ0n) is 67.5. The van der Waals surface area contributed by atoms with E-state index < -0.39 is 97.5 Å². The average Bonchev–Trinajstić information content (AvgIpc) is 0.907. The fraction of sp³-hybridized carbons (Fsp3) is 0.663. The molecule has 0 aromatic rings. The molecule has 0 aromatic heterocycles. The van der Waals surface area contributed by atoms with Gasteiger partial charge in [-0.25, -0.2) is 9.13 Å². The molecule has 0 aliphatic rings. The van der Waals surface area contributed by atoms with Crippen LogP contribution in [0.2, 0.25) is 0 Å². The van der Waals surface area contributed by atoms with Crippen molar-refractivity contribution in [1.82, 2.24) is 0 Å². The Morgan fingerprint density at radius 3 is 0.787 bits per heavy atom. The van der Waals surface area contributed by atoms with Crippen LogP contribution in [-0.4, -0.2) is 96.7 Å². The first-order valence-electron chi connectivity index (χ1n) is 41.7. The molecule has 19 heteroatoms. The minimum atomic E-state index is -5.01. The fourth-order valence-electron chi connectivity index (χ4n) is 10.6.